The molecule has 1 fully saturated rings. The van der Waals surface area contributed by atoms with E-state index in [4.69, 9.17) is 11.6 Å². The summed E-state index contributed by atoms with van der Waals surface area (Å²) in [6.07, 6.45) is 0. The minimum absolute atomic E-state index is 0.00965. The summed E-state index contributed by atoms with van der Waals surface area (Å²) < 4.78 is 13.5. The largest absolute Gasteiger partial charge is 0.342 e. The van der Waals surface area contributed by atoms with Crippen molar-refractivity contribution in [1.29, 1.82) is 0 Å². The Morgan fingerprint density at radius 1 is 1.38 bits per heavy atom. The summed E-state index contributed by atoms with van der Waals surface area (Å²) in [5, 5.41) is 2.71. The fourth-order valence-electron chi connectivity index (χ4n) is 2.37. The zero-order chi connectivity index (χ0) is 15.7. The summed E-state index contributed by atoms with van der Waals surface area (Å²) in [7, 11) is 0. The van der Waals surface area contributed by atoms with Gasteiger partial charge in [-0.25, -0.2) is 4.39 Å². The van der Waals surface area contributed by atoms with E-state index < -0.39 is 17.9 Å². The fourth-order valence-corrected chi connectivity index (χ4v) is 2.55. The molecule has 2 amide bonds. The van der Waals surface area contributed by atoms with Gasteiger partial charge < -0.3 is 10.2 Å². The van der Waals surface area contributed by atoms with Crippen molar-refractivity contribution in [2.45, 2.75) is 39.4 Å². The van der Waals surface area contributed by atoms with Crippen molar-refractivity contribution in [3.05, 3.63) is 34.6 Å². The van der Waals surface area contributed by atoms with Gasteiger partial charge in [-0.1, -0.05) is 37.6 Å². The van der Waals surface area contributed by atoms with Gasteiger partial charge in [-0.05, 0) is 24.5 Å². The molecule has 6 heteroatoms. The van der Waals surface area contributed by atoms with Crippen LogP contribution in [-0.2, 0) is 16.1 Å². The molecule has 21 heavy (non-hydrogen) atoms. The second kappa shape index (κ2) is 6.02. The van der Waals surface area contributed by atoms with E-state index in [0.717, 1.165) is 0 Å². The molecule has 0 aromatic heterocycles. The number of nitrogens with one attached hydrogen (secondary N) is 1. The van der Waals surface area contributed by atoms with Gasteiger partial charge >= 0.3 is 0 Å². The highest BCUT2D eigenvalue weighted by atomic mass is 35.5. The molecule has 114 valence electrons. The number of hydrogen-bond donors (Lipinski definition) is 1. The third kappa shape index (κ3) is 3.02. The molecule has 1 N–H and O–H groups in total. The number of halogens is 2. The first kappa shape index (κ1) is 15.8. The van der Waals surface area contributed by atoms with Crippen LogP contribution in [0.1, 0.15) is 26.3 Å². The first-order valence-corrected chi connectivity index (χ1v) is 7.24. The number of amides is 2. The molecule has 0 bridgehead atoms. The first-order valence-electron chi connectivity index (χ1n) is 6.86. The average Bonchev–Trinajstić information content (AvgIpc) is 2.43. The zero-order valence-corrected chi connectivity index (χ0v) is 12.9. The van der Waals surface area contributed by atoms with Crippen LogP contribution in [0.2, 0.25) is 5.02 Å². The summed E-state index contributed by atoms with van der Waals surface area (Å²) in [5.41, 5.74) is 0.495. The number of carbonyl (C=O) groups is 2. The van der Waals surface area contributed by atoms with Crippen LogP contribution in [0.4, 0.5) is 4.39 Å². The predicted octanol–water partition coefficient (Wildman–Crippen LogP) is 2.35. The lowest BCUT2D eigenvalue weighted by molar-refractivity contribution is -0.150. The number of hydrogen-bond acceptors (Lipinski definition) is 2. The van der Waals surface area contributed by atoms with Crippen molar-refractivity contribution in [3.63, 3.8) is 0 Å². The molecule has 0 saturated carbocycles. The van der Waals surface area contributed by atoms with E-state index in [1.165, 1.54) is 17.0 Å². The molecule has 0 aliphatic carbocycles. The van der Waals surface area contributed by atoms with Gasteiger partial charge in [-0.2, -0.15) is 0 Å². The number of piperazine rings is 1. The maximum atomic E-state index is 13.5. The maximum absolute atomic E-state index is 13.5. The van der Waals surface area contributed by atoms with Gasteiger partial charge in [-0.15, -0.1) is 0 Å². The predicted molar refractivity (Wildman–Crippen MR) is 78.2 cm³/mol. The highest BCUT2D eigenvalue weighted by Gasteiger charge is 2.39. The average molecular weight is 313 g/mol. The second-order valence-corrected chi connectivity index (χ2v) is 5.96. The molecule has 2 atom stereocenters. The van der Waals surface area contributed by atoms with Crippen LogP contribution in [0.25, 0.3) is 0 Å². The number of nitrogens with zero attached hydrogens (tertiary/aromatic N) is 1. The Balaban J connectivity index is 2.29. The van der Waals surface area contributed by atoms with Crippen LogP contribution in [0.3, 0.4) is 0 Å². The van der Waals surface area contributed by atoms with Gasteiger partial charge in [0.1, 0.15) is 17.9 Å². The summed E-state index contributed by atoms with van der Waals surface area (Å²) in [6, 6.07) is 3.29. The van der Waals surface area contributed by atoms with Crippen molar-refractivity contribution in [2.75, 3.05) is 0 Å². The van der Waals surface area contributed by atoms with Crippen LogP contribution in [-0.4, -0.2) is 28.8 Å². The summed E-state index contributed by atoms with van der Waals surface area (Å²) >= 11 is 5.93. The van der Waals surface area contributed by atoms with E-state index in [1.807, 2.05) is 13.8 Å². The van der Waals surface area contributed by atoms with Gasteiger partial charge in [0.15, 0.2) is 0 Å². The molecule has 1 aromatic carbocycles. The van der Waals surface area contributed by atoms with Crippen molar-refractivity contribution in [1.82, 2.24) is 10.2 Å². The van der Waals surface area contributed by atoms with Crippen LogP contribution >= 0.6 is 11.6 Å². The minimum Gasteiger partial charge on any atom is -0.342 e. The van der Waals surface area contributed by atoms with Gasteiger partial charge in [0.25, 0.3) is 0 Å². The van der Waals surface area contributed by atoms with Crippen molar-refractivity contribution >= 4 is 23.4 Å². The van der Waals surface area contributed by atoms with E-state index in [0.29, 0.717) is 5.56 Å². The molecule has 2 unspecified atom stereocenters. The van der Waals surface area contributed by atoms with E-state index >= 15 is 0 Å². The topological polar surface area (TPSA) is 49.4 Å². The third-order valence-electron chi connectivity index (χ3n) is 3.73. The zero-order valence-electron chi connectivity index (χ0n) is 12.2. The van der Waals surface area contributed by atoms with Crippen molar-refractivity contribution in [2.24, 2.45) is 5.92 Å². The normalized spacial score (nSPS) is 22.7. The Hall–Kier alpha value is -1.62. The molecular weight excluding hydrogens is 295 g/mol. The molecule has 1 aromatic rings. The summed E-state index contributed by atoms with van der Waals surface area (Å²) in [6.45, 7) is 5.50. The van der Waals surface area contributed by atoms with Crippen molar-refractivity contribution in [3.8, 4) is 0 Å². The highest BCUT2D eigenvalue weighted by Crippen LogP contribution is 2.24. The van der Waals surface area contributed by atoms with Crippen LogP contribution in [0.5, 0.6) is 0 Å². The summed E-state index contributed by atoms with van der Waals surface area (Å²) in [5.74, 6) is -0.922. The van der Waals surface area contributed by atoms with Gasteiger partial charge in [0.05, 0.1) is 5.02 Å². The van der Waals surface area contributed by atoms with E-state index in [-0.39, 0.29) is 29.3 Å². The molecule has 4 nitrogen and oxygen atoms in total. The number of carbonyl (C=O) groups excluding carboxylic acids is 2. The minimum atomic E-state index is -0.605. The van der Waals surface area contributed by atoms with E-state index in [2.05, 4.69) is 5.32 Å². The van der Waals surface area contributed by atoms with Gasteiger partial charge in [-0.3, -0.25) is 9.59 Å². The molecular formula is C15H18ClFN2O2. The standard InChI is InChI=1S/C15H18ClFN2O2/c1-8(2)13-15(21)19(9(3)14(20)18-13)7-10-5-4-6-11(17)12(10)16/h4-6,8-9,13H,7H2,1-3H3,(H,18,20). The Labute approximate surface area is 128 Å². The lowest BCUT2D eigenvalue weighted by Crippen LogP contribution is -2.63. The molecule has 0 spiro atoms. The van der Waals surface area contributed by atoms with E-state index in [9.17, 15) is 14.0 Å². The lowest BCUT2D eigenvalue weighted by atomic mass is 9.98. The van der Waals surface area contributed by atoms with E-state index in [1.54, 1.807) is 13.0 Å². The van der Waals surface area contributed by atoms with Gasteiger partial charge in [0.2, 0.25) is 11.8 Å². The van der Waals surface area contributed by atoms with Crippen LogP contribution in [0.15, 0.2) is 18.2 Å². The molecule has 1 aliphatic heterocycles. The monoisotopic (exact) mass is 312 g/mol. The fraction of sp³-hybridized carbons (Fsp3) is 0.467. The van der Waals surface area contributed by atoms with Gasteiger partial charge in [0, 0.05) is 6.54 Å². The molecule has 1 heterocycles. The molecule has 1 aliphatic rings. The van der Waals surface area contributed by atoms with Crippen LogP contribution < -0.4 is 5.32 Å². The maximum Gasteiger partial charge on any atom is 0.246 e. The summed E-state index contributed by atoms with van der Waals surface area (Å²) in [4.78, 5) is 25.9. The Morgan fingerprint density at radius 3 is 2.67 bits per heavy atom. The molecule has 0 radical (unpaired) electrons. The molecule has 1 saturated heterocycles. The Bertz CT molecular complexity index is 577. The first-order chi connectivity index (χ1) is 9.82. The smallest absolute Gasteiger partial charge is 0.246 e. The highest BCUT2D eigenvalue weighted by molar-refractivity contribution is 6.31. The lowest BCUT2D eigenvalue weighted by Gasteiger charge is -2.39. The molecule has 2 rings (SSSR count). The quantitative estimate of drug-likeness (QED) is 0.931. The van der Waals surface area contributed by atoms with Crippen LogP contribution in [0, 0.1) is 11.7 Å². The third-order valence-corrected chi connectivity index (χ3v) is 4.16. The second-order valence-electron chi connectivity index (χ2n) is 5.59. The number of benzene rings is 1. The number of rotatable bonds is 3. The Morgan fingerprint density at radius 2 is 2.05 bits per heavy atom. The van der Waals surface area contributed by atoms with Crippen molar-refractivity contribution < 1.29 is 14.0 Å². The SMILES string of the molecule is CC(C)C1NC(=O)C(C)N(Cc2cccc(F)c2Cl)C1=O. The Kier molecular flexibility index (Phi) is 4.52.